The van der Waals surface area contributed by atoms with Gasteiger partial charge in [0, 0.05) is 19.3 Å². The number of hydrogen-bond acceptors (Lipinski definition) is 3. The Morgan fingerprint density at radius 3 is 2.71 bits per heavy atom. The van der Waals surface area contributed by atoms with Crippen molar-refractivity contribution in [1.82, 2.24) is 4.90 Å². The van der Waals surface area contributed by atoms with E-state index in [9.17, 15) is 4.79 Å². The Morgan fingerprint density at radius 1 is 1.29 bits per heavy atom. The smallest absolute Gasteiger partial charge is 0.240 e. The molecule has 1 aliphatic rings. The summed E-state index contributed by atoms with van der Waals surface area (Å²) in [6.45, 7) is 2.31. The lowest BCUT2D eigenvalue weighted by Crippen LogP contribution is -2.37. The van der Waals surface area contributed by atoms with E-state index in [1.807, 2.05) is 44.4 Å². The van der Waals surface area contributed by atoms with Gasteiger partial charge in [-0.3, -0.25) is 9.69 Å². The quantitative estimate of drug-likeness (QED) is 0.773. The molecule has 0 saturated carbocycles. The monoisotopic (exact) mass is 290 g/mol. The van der Waals surface area contributed by atoms with Crippen LogP contribution in [-0.2, 0) is 9.53 Å². The number of nitrogens with zero attached hydrogens (tertiary/aromatic N) is 2. The molecule has 0 spiro atoms. The molecule has 4 nitrogen and oxygen atoms in total. The first-order valence-corrected chi connectivity index (χ1v) is 7.78. The third-order valence-electron chi connectivity index (χ3n) is 4.01. The predicted octanol–water partition coefficient (Wildman–Crippen LogP) is 2.54. The molecule has 0 radical (unpaired) electrons. The first-order valence-electron chi connectivity index (χ1n) is 7.78. The average molecular weight is 290 g/mol. The van der Waals surface area contributed by atoms with Crippen LogP contribution in [0.2, 0.25) is 0 Å². The van der Waals surface area contributed by atoms with E-state index in [4.69, 9.17) is 4.74 Å². The highest BCUT2D eigenvalue weighted by Crippen LogP contribution is 2.17. The molecule has 116 valence electrons. The Balaban J connectivity index is 1.69. The molecule has 21 heavy (non-hydrogen) atoms. The Labute approximate surface area is 127 Å². The first kappa shape index (κ1) is 16.0. The summed E-state index contributed by atoms with van der Waals surface area (Å²) < 4.78 is 5.62. The van der Waals surface area contributed by atoms with Gasteiger partial charge in [0.2, 0.25) is 5.91 Å². The van der Waals surface area contributed by atoms with Crippen LogP contribution in [0, 0.1) is 0 Å². The van der Waals surface area contributed by atoms with Crippen molar-refractivity contribution in [1.29, 1.82) is 0 Å². The van der Waals surface area contributed by atoms with Crippen LogP contribution < -0.4 is 4.90 Å². The SMILES string of the molecule is CN(CCC[C@H]1CCCO1)CC(=O)N(C)c1ccccc1. The molecule has 1 heterocycles. The van der Waals surface area contributed by atoms with Gasteiger partial charge in [-0.15, -0.1) is 0 Å². The Morgan fingerprint density at radius 2 is 2.05 bits per heavy atom. The van der Waals surface area contributed by atoms with Gasteiger partial charge in [-0.1, -0.05) is 18.2 Å². The third-order valence-corrected chi connectivity index (χ3v) is 4.01. The zero-order chi connectivity index (χ0) is 15.1. The van der Waals surface area contributed by atoms with E-state index in [2.05, 4.69) is 4.90 Å². The standard InChI is InChI=1S/C17H26N2O2/c1-18(12-6-10-16-11-7-13-21-16)14-17(20)19(2)15-8-4-3-5-9-15/h3-5,8-9,16H,6-7,10-14H2,1-2H3/t16-/m0/s1. The van der Waals surface area contributed by atoms with E-state index in [1.54, 1.807) is 4.90 Å². The van der Waals surface area contributed by atoms with Crippen molar-refractivity contribution in [3.05, 3.63) is 30.3 Å². The number of hydrogen-bond donors (Lipinski definition) is 0. The summed E-state index contributed by atoms with van der Waals surface area (Å²) in [6, 6.07) is 9.76. The van der Waals surface area contributed by atoms with Crippen molar-refractivity contribution >= 4 is 11.6 Å². The molecule has 1 atom stereocenters. The van der Waals surface area contributed by atoms with Gasteiger partial charge in [0.05, 0.1) is 12.6 Å². The second-order valence-corrected chi connectivity index (χ2v) is 5.80. The lowest BCUT2D eigenvalue weighted by molar-refractivity contribution is -0.119. The van der Waals surface area contributed by atoms with Gasteiger partial charge in [0.1, 0.15) is 0 Å². The number of likely N-dealkylation sites (N-methyl/N-ethyl adjacent to an activating group) is 2. The van der Waals surface area contributed by atoms with E-state index >= 15 is 0 Å². The van der Waals surface area contributed by atoms with Crippen LogP contribution in [-0.4, -0.2) is 50.7 Å². The number of carbonyl (C=O) groups is 1. The minimum atomic E-state index is 0.126. The highest BCUT2D eigenvalue weighted by atomic mass is 16.5. The molecule has 1 aliphatic heterocycles. The van der Waals surface area contributed by atoms with Gasteiger partial charge in [-0.2, -0.15) is 0 Å². The highest BCUT2D eigenvalue weighted by molar-refractivity contribution is 5.94. The molecule has 1 fully saturated rings. The van der Waals surface area contributed by atoms with Gasteiger partial charge >= 0.3 is 0 Å². The minimum Gasteiger partial charge on any atom is -0.378 e. The summed E-state index contributed by atoms with van der Waals surface area (Å²) in [6.07, 6.45) is 5.03. The van der Waals surface area contributed by atoms with E-state index in [0.29, 0.717) is 12.6 Å². The largest absolute Gasteiger partial charge is 0.378 e. The summed E-state index contributed by atoms with van der Waals surface area (Å²) in [5, 5.41) is 0. The maximum absolute atomic E-state index is 12.2. The molecule has 0 unspecified atom stereocenters. The fourth-order valence-corrected chi connectivity index (χ4v) is 2.67. The van der Waals surface area contributed by atoms with E-state index < -0.39 is 0 Å². The molecule has 4 heteroatoms. The summed E-state index contributed by atoms with van der Waals surface area (Å²) >= 11 is 0. The summed E-state index contributed by atoms with van der Waals surface area (Å²) in [5.41, 5.74) is 0.940. The number of amides is 1. The molecule has 0 bridgehead atoms. The topological polar surface area (TPSA) is 32.8 Å². The van der Waals surface area contributed by atoms with E-state index in [0.717, 1.165) is 31.7 Å². The van der Waals surface area contributed by atoms with Crippen molar-refractivity contribution in [3.8, 4) is 0 Å². The fraction of sp³-hybridized carbons (Fsp3) is 0.588. The molecule has 1 aromatic rings. The molecular weight excluding hydrogens is 264 g/mol. The first-order chi connectivity index (χ1) is 10.2. The number of carbonyl (C=O) groups excluding carboxylic acids is 1. The number of para-hydroxylation sites is 1. The lowest BCUT2D eigenvalue weighted by atomic mass is 10.1. The second kappa shape index (κ2) is 8.15. The van der Waals surface area contributed by atoms with Crippen molar-refractivity contribution in [3.63, 3.8) is 0 Å². The van der Waals surface area contributed by atoms with Gasteiger partial charge in [-0.05, 0) is 51.4 Å². The van der Waals surface area contributed by atoms with Gasteiger partial charge in [-0.25, -0.2) is 0 Å². The number of anilines is 1. The normalized spacial score (nSPS) is 18.1. The van der Waals surface area contributed by atoms with Crippen LogP contribution in [0.3, 0.4) is 0 Å². The van der Waals surface area contributed by atoms with Gasteiger partial charge in [0.15, 0.2) is 0 Å². The minimum absolute atomic E-state index is 0.126. The Kier molecular flexibility index (Phi) is 6.21. The molecule has 1 amide bonds. The molecule has 0 aliphatic carbocycles. The van der Waals surface area contributed by atoms with E-state index in [-0.39, 0.29) is 5.91 Å². The van der Waals surface area contributed by atoms with Gasteiger partial charge in [0.25, 0.3) is 0 Å². The van der Waals surface area contributed by atoms with Crippen LogP contribution in [0.5, 0.6) is 0 Å². The van der Waals surface area contributed by atoms with Crippen molar-refractivity contribution in [2.24, 2.45) is 0 Å². The van der Waals surface area contributed by atoms with Gasteiger partial charge < -0.3 is 9.64 Å². The van der Waals surface area contributed by atoms with Crippen LogP contribution in [0.1, 0.15) is 25.7 Å². The van der Waals surface area contributed by atoms with Crippen molar-refractivity contribution < 1.29 is 9.53 Å². The summed E-state index contributed by atoms with van der Waals surface area (Å²) in [4.78, 5) is 16.0. The highest BCUT2D eigenvalue weighted by Gasteiger charge is 2.16. The third kappa shape index (κ3) is 5.14. The molecule has 2 rings (SSSR count). The molecule has 0 aromatic heterocycles. The van der Waals surface area contributed by atoms with Crippen LogP contribution in [0.4, 0.5) is 5.69 Å². The predicted molar refractivity (Wildman–Crippen MR) is 85.6 cm³/mol. The molecule has 1 saturated heterocycles. The average Bonchev–Trinajstić information content (AvgIpc) is 3.00. The summed E-state index contributed by atoms with van der Waals surface area (Å²) in [5.74, 6) is 0.126. The van der Waals surface area contributed by atoms with Crippen LogP contribution in [0.25, 0.3) is 0 Å². The number of rotatable bonds is 7. The van der Waals surface area contributed by atoms with E-state index in [1.165, 1.54) is 12.8 Å². The fourth-order valence-electron chi connectivity index (χ4n) is 2.67. The molecule has 1 aromatic carbocycles. The Hall–Kier alpha value is -1.39. The van der Waals surface area contributed by atoms with Crippen molar-refractivity contribution in [2.45, 2.75) is 31.8 Å². The van der Waals surface area contributed by atoms with Crippen molar-refractivity contribution in [2.75, 3.05) is 38.7 Å². The zero-order valence-electron chi connectivity index (χ0n) is 13.1. The zero-order valence-corrected chi connectivity index (χ0v) is 13.1. The summed E-state index contributed by atoms with van der Waals surface area (Å²) in [7, 11) is 3.84. The lowest BCUT2D eigenvalue weighted by Gasteiger charge is -2.22. The maximum atomic E-state index is 12.2. The molecule has 0 N–H and O–H groups in total. The number of ether oxygens (including phenoxy) is 1. The second-order valence-electron chi connectivity index (χ2n) is 5.80. The Bertz CT molecular complexity index is 430. The molecular formula is C17H26N2O2. The number of benzene rings is 1. The maximum Gasteiger partial charge on any atom is 0.240 e. The van der Waals surface area contributed by atoms with Crippen LogP contribution in [0.15, 0.2) is 30.3 Å². The van der Waals surface area contributed by atoms with Crippen LogP contribution >= 0.6 is 0 Å².